The smallest absolute Gasteiger partial charge is 0.262 e. The van der Waals surface area contributed by atoms with Gasteiger partial charge >= 0.3 is 0 Å². The van der Waals surface area contributed by atoms with Crippen LogP contribution in [-0.4, -0.2) is 29.2 Å². The average Bonchev–Trinajstić information content (AvgIpc) is 3.35. The predicted octanol–water partition coefficient (Wildman–Crippen LogP) is 4.33. The Morgan fingerprint density at radius 3 is 2.80 bits per heavy atom. The van der Waals surface area contributed by atoms with Crippen LogP contribution in [0.15, 0.2) is 42.0 Å². The number of nitriles is 1. The molecule has 1 aliphatic heterocycles. The molecule has 1 aliphatic rings. The zero-order valence-corrected chi connectivity index (χ0v) is 18.1. The van der Waals surface area contributed by atoms with Crippen LogP contribution in [0, 0.1) is 25.2 Å². The Balaban J connectivity index is 1.64. The molecule has 1 amide bonds. The van der Waals surface area contributed by atoms with Gasteiger partial charge in [-0.25, -0.2) is 0 Å². The summed E-state index contributed by atoms with van der Waals surface area (Å²) in [5.41, 5.74) is 4.46. The van der Waals surface area contributed by atoms with Gasteiger partial charge in [-0.05, 0) is 69.7 Å². The van der Waals surface area contributed by atoms with Crippen molar-refractivity contribution in [3.05, 3.63) is 64.5 Å². The maximum atomic E-state index is 12.7. The molecule has 1 N–H and O–H groups in total. The minimum Gasteiger partial charge on any atom is -0.376 e. The van der Waals surface area contributed by atoms with Crippen LogP contribution in [0.25, 0.3) is 6.08 Å². The number of nitrogens with zero attached hydrogens (tertiary/aromatic N) is 2. The molecule has 0 radical (unpaired) electrons. The Bertz CT molecular complexity index is 931. The lowest BCUT2D eigenvalue weighted by Gasteiger charge is -2.15. The molecule has 2 heterocycles. The first kappa shape index (κ1) is 21.9. The van der Waals surface area contributed by atoms with Gasteiger partial charge in [-0.1, -0.05) is 30.3 Å². The van der Waals surface area contributed by atoms with Crippen LogP contribution in [0.5, 0.6) is 0 Å². The van der Waals surface area contributed by atoms with Gasteiger partial charge < -0.3 is 14.6 Å². The van der Waals surface area contributed by atoms with Crippen LogP contribution in [0.4, 0.5) is 0 Å². The fourth-order valence-corrected chi connectivity index (χ4v) is 3.95. The lowest BCUT2D eigenvalue weighted by Crippen LogP contribution is -2.33. The van der Waals surface area contributed by atoms with E-state index in [0.29, 0.717) is 0 Å². The standard InChI is InChI=1S/C25H31N3O2/c1-18(11-12-21-8-5-4-6-9-21)27-25(29)23(16-26)15-22-14-19(2)28(20(22)3)17-24-10-7-13-30-24/h4-6,8-9,14-15,18,24H,7,10-13,17H2,1-3H3,(H,27,29)/b23-15+. The zero-order chi connectivity index (χ0) is 21.5. The lowest BCUT2D eigenvalue weighted by atomic mass is 10.1. The molecule has 5 nitrogen and oxygen atoms in total. The molecule has 1 saturated heterocycles. The predicted molar refractivity (Wildman–Crippen MR) is 119 cm³/mol. The van der Waals surface area contributed by atoms with E-state index in [1.54, 1.807) is 6.08 Å². The molecule has 1 fully saturated rings. The summed E-state index contributed by atoms with van der Waals surface area (Å²) in [6.07, 6.45) is 5.85. The quantitative estimate of drug-likeness (QED) is 0.525. The van der Waals surface area contributed by atoms with E-state index in [-0.39, 0.29) is 23.6 Å². The fourth-order valence-electron chi connectivity index (χ4n) is 3.95. The number of rotatable bonds is 8. The molecule has 0 spiro atoms. The van der Waals surface area contributed by atoms with Crippen molar-refractivity contribution in [3.63, 3.8) is 0 Å². The van der Waals surface area contributed by atoms with E-state index in [2.05, 4.69) is 35.0 Å². The highest BCUT2D eigenvalue weighted by Crippen LogP contribution is 2.22. The van der Waals surface area contributed by atoms with Crippen molar-refractivity contribution in [1.82, 2.24) is 9.88 Å². The Kier molecular flexibility index (Phi) is 7.48. The largest absolute Gasteiger partial charge is 0.376 e. The topological polar surface area (TPSA) is 67.0 Å². The second-order valence-electron chi connectivity index (χ2n) is 8.14. The maximum Gasteiger partial charge on any atom is 0.262 e. The zero-order valence-electron chi connectivity index (χ0n) is 18.1. The third-order valence-corrected chi connectivity index (χ3v) is 5.77. The van der Waals surface area contributed by atoms with Gasteiger partial charge in [0.05, 0.1) is 6.10 Å². The number of aromatic nitrogens is 1. The average molecular weight is 406 g/mol. The fraction of sp³-hybridized carbons (Fsp3) is 0.440. The molecular weight excluding hydrogens is 374 g/mol. The van der Waals surface area contributed by atoms with Crippen molar-refractivity contribution in [2.24, 2.45) is 0 Å². The van der Waals surface area contributed by atoms with Crippen LogP contribution in [0.3, 0.4) is 0 Å². The highest BCUT2D eigenvalue weighted by Gasteiger charge is 2.19. The number of nitrogens with one attached hydrogen (secondary N) is 1. The van der Waals surface area contributed by atoms with E-state index in [1.807, 2.05) is 38.1 Å². The van der Waals surface area contributed by atoms with Crippen LogP contribution in [-0.2, 0) is 22.5 Å². The summed E-state index contributed by atoms with van der Waals surface area (Å²) in [6, 6.07) is 14.3. The second kappa shape index (κ2) is 10.3. The molecule has 2 atom stereocenters. The third kappa shape index (κ3) is 5.61. The number of hydrogen-bond acceptors (Lipinski definition) is 3. The van der Waals surface area contributed by atoms with Crippen molar-refractivity contribution in [2.45, 2.75) is 65.1 Å². The van der Waals surface area contributed by atoms with E-state index in [0.717, 1.165) is 55.8 Å². The van der Waals surface area contributed by atoms with Crippen LogP contribution >= 0.6 is 0 Å². The van der Waals surface area contributed by atoms with E-state index < -0.39 is 0 Å². The Morgan fingerprint density at radius 1 is 1.37 bits per heavy atom. The Labute approximate surface area is 179 Å². The van der Waals surface area contributed by atoms with Crippen LogP contribution < -0.4 is 5.32 Å². The van der Waals surface area contributed by atoms with Gasteiger partial charge in [0.15, 0.2) is 0 Å². The molecule has 0 saturated carbocycles. The molecule has 30 heavy (non-hydrogen) atoms. The van der Waals surface area contributed by atoms with E-state index in [4.69, 9.17) is 4.74 Å². The molecule has 0 aliphatic carbocycles. The number of hydrogen-bond donors (Lipinski definition) is 1. The third-order valence-electron chi connectivity index (χ3n) is 5.77. The lowest BCUT2D eigenvalue weighted by molar-refractivity contribution is -0.117. The van der Waals surface area contributed by atoms with Gasteiger partial charge in [0.25, 0.3) is 5.91 Å². The molecule has 5 heteroatoms. The van der Waals surface area contributed by atoms with Crippen molar-refractivity contribution in [2.75, 3.05) is 6.61 Å². The van der Waals surface area contributed by atoms with Gasteiger partial charge in [-0.2, -0.15) is 5.26 Å². The summed E-state index contributed by atoms with van der Waals surface area (Å²) in [4.78, 5) is 12.7. The number of ether oxygens (including phenoxy) is 1. The summed E-state index contributed by atoms with van der Waals surface area (Å²) < 4.78 is 7.98. The van der Waals surface area contributed by atoms with E-state index in [1.165, 1.54) is 5.56 Å². The summed E-state index contributed by atoms with van der Waals surface area (Å²) >= 11 is 0. The van der Waals surface area contributed by atoms with E-state index >= 15 is 0 Å². The molecule has 1 aromatic heterocycles. The SMILES string of the molecule is Cc1cc(/C=C(\C#N)C(=O)NC(C)CCc2ccccc2)c(C)n1CC1CCCO1. The first-order chi connectivity index (χ1) is 14.5. The summed E-state index contributed by atoms with van der Waals surface area (Å²) in [7, 11) is 0. The van der Waals surface area contributed by atoms with Gasteiger partial charge in [-0.3, -0.25) is 4.79 Å². The van der Waals surface area contributed by atoms with Crippen LogP contribution in [0.2, 0.25) is 0 Å². The first-order valence-corrected chi connectivity index (χ1v) is 10.7. The highest BCUT2D eigenvalue weighted by molar-refractivity contribution is 6.01. The Hall–Kier alpha value is -2.84. The van der Waals surface area contributed by atoms with Gasteiger partial charge in [0, 0.05) is 30.6 Å². The normalized spacial score (nSPS) is 17.5. The monoisotopic (exact) mass is 405 g/mol. The minimum absolute atomic E-state index is 0.0126. The number of benzene rings is 1. The molecule has 3 rings (SSSR count). The first-order valence-electron chi connectivity index (χ1n) is 10.7. The molecule has 158 valence electrons. The van der Waals surface area contributed by atoms with Gasteiger partial charge in [-0.15, -0.1) is 0 Å². The number of aryl methyl sites for hydroxylation is 2. The summed E-state index contributed by atoms with van der Waals surface area (Å²) in [5.74, 6) is -0.318. The molecule has 2 unspecified atom stereocenters. The second-order valence-corrected chi connectivity index (χ2v) is 8.14. The maximum absolute atomic E-state index is 12.7. The minimum atomic E-state index is -0.318. The van der Waals surface area contributed by atoms with Gasteiger partial charge in [0.1, 0.15) is 11.6 Å². The Morgan fingerprint density at radius 2 is 2.13 bits per heavy atom. The summed E-state index contributed by atoms with van der Waals surface area (Å²) in [6.45, 7) is 7.71. The van der Waals surface area contributed by atoms with Crippen molar-refractivity contribution < 1.29 is 9.53 Å². The molecule has 0 bridgehead atoms. The van der Waals surface area contributed by atoms with Crippen molar-refractivity contribution >= 4 is 12.0 Å². The number of amides is 1. The van der Waals surface area contributed by atoms with Gasteiger partial charge in [0.2, 0.25) is 0 Å². The number of carbonyl (C=O) groups is 1. The number of carbonyl (C=O) groups excluding carboxylic acids is 1. The van der Waals surface area contributed by atoms with Crippen molar-refractivity contribution in [1.29, 1.82) is 5.26 Å². The summed E-state index contributed by atoms with van der Waals surface area (Å²) in [5, 5.41) is 12.5. The van der Waals surface area contributed by atoms with Crippen LogP contribution in [0.1, 0.15) is 48.7 Å². The molecule has 2 aromatic rings. The molecular formula is C25H31N3O2. The molecule has 1 aromatic carbocycles. The van der Waals surface area contributed by atoms with E-state index in [9.17, 15) is 10.1 Å². The van der Waals surface area contributed by atoms with Crippen molar-refractivity contribution in [3.8, 4) is 6.07 Å². The highest BCUT2D eigenvalue weighted by atomic mass is 16.5.